The number of aromatic carboxylic acids is 1. The Kier molecular flexibility index (Phi) is 2.68. The maximum absolute atomic E-state index is 10.6. The Bertz CT molecular complexity index is 355. The zero-order valence-electron chi connectivity index (χ0n) is 8.55. The minimum absolute atomic E-state index is 0.00424. The van der Waals surface area contributed by atoms with Crippen LogP contribution in [0.3, 0.4) is 0 Å². The van der Waals surface area contributed by atoms with Crippen LogP contribution in [0.15, 0.2) is 6.20 Å². The molecule has 6 nitrogen and oxygen atoms in total. The monoisotopic (exact) mass is 210 g/mol. The third-order valence-corrected chi connectivity index (χ3v) is 2.68. The second-order valence-corrected chi connectivity index (χ2v) is 4.00. The molecule has 1 fully saturated rings. The van der Waals surface area contributed by atoms with Crippen LogP contribution in [0.4, 0.5) is 0 Å². The zero-order chi connectivity index (χ0) is 10.8. The third-order valence-electron chi connectivity index (χ3n) is 2.68. The molecule has 1 aliphatic rings. The summed E-state index contributed by atoms with van der Waals surface area (Å²) < 4.78 is 1.59. The maximum atomic E-state index is 10.6. The molecule has 2 N–H and O–H groups in total. The van der Waals surface area contributed by atoms with Crippen molar-refractivity contribution in [3.8, 4) is 0 Å². The van der Waals surface area contributed by atoms with Crippen LogP contribution < -0.4 is 5.32 Å². The number of rotatable bonds is 2. The molecule has 82 valence electrons. The van der Waals surface area contributed by atoms with E-state index in [0.29, 0.717) is 5.92 Å². The van der Waals surface area contributed by atoms with E-state index in [1.807, 2.05) is 0 Å². The summed E-state index contributed by atoms with van der Waals surface area (Å²) in [7, 11) is 0. The van der Waals surface area contributed by atoms with Gasteiger partial charge in [0.25, 0.3) is 0 Å². The Morgan fingerprint density at radius 2 is 2.47 bits per heavy atom. The molecule has 0 spiro atoms. The Morgan fingerprint density at radius 1 is 1.67 bits per heavy atom. The molecule has 0 aromatic carbocycles. The standard InChI is InChI=1S/C9H14N4O2/c1-6-2-3-8(10-4-6)13-5-7(9(14)15)11-12-13/h5-6,8,10H,2-4H2,1H3,(H,14,15)/t6-,8-/m0/s1. The van der Waals surface area contributed by atoms with Crippen molar-refractivity contribution in [1.82, 2.24) is 20.3 Å². The highest BCUT2D eigenvalue weighted by Gasteiger charge is 2.20. The zero-order valence-corrected chi connectivity index (χ0v) is 8.55. The number of nitrogens with one attached hydrogen (secondary N) is 1. The summed E-state index contributed by atoms with van der Waals surface area (Å²) in [4.78, 5) is 10.6. The van der Waals surface area contributed by atoms with E-state index in [9.17, 15) is 4.79 Å². The molecule has 6 heteroatoms. The molecule has 0 radical (unpaired) electrons. The second-order valence-electron chi connectivity index (χ2n) is 4.00. The van der Waals surface area contributed by atoms with Gasteiger partial charge in [0.2, 0.25) is 0 Å². The summed E-state index contributed by atoms with van der Waals surface area (Å²) in [6, 6.07) is 0. The van der Waals surface area contributed by atoms with Crippen LogP contribution in [0, 0.1) is 5.92 Å². The molecular formula is C9H14N4O2. The van der Waals surface area contributed by atoms with Crippen LogP contribution in [-0.4, -0.2) is 32.6 Å². The van der Waals surface area contributed by atoms with Gasteiger partial charge in [-0.1, -0.05) is 12.1 Å². The normalized spacial score (nSPS) is 26.5. The van der Waals surface area contributed by atoms with Gasteiger partial charge in [0.05, 0.1) is 6.20 Å². The van der Waals surface area contributed by atoms with E-state index in [1.54, 1.807) is 4.68 Å². The minimum Gasteiger partial charge on any atom is -0.476 e. The average Bonchev–Trinajstić information content (AvgIpc) is 2.68. The van der Waals surface area contributed by atoms with Crippen LogP contribution in [0.1, 0.15) is 36.4 Å². The smallest absolute Gasteiger partial charge is 0.358 e. The molecule has 0 aliphatic carbocycles. The number of hydrogen-bond acceptors (Lipinski definition) is 4. The van der Waals surface area contributed by atoms with Gasteiger partial charge in [-0.05, 0) is 25.3 Å². The molecule has 0 bridgehead atoms. The fourth-order valence-corrected chi connectivity index (χ4v) is 1.74. The van der Waals surface area contributed by atoms with E-state index < -0.39 is 5.97 Å². The Morgan fingerprint density at radius 3 is 3.00 bits per heavy atom. The molecule has 0 amide bonds. The van der Waals surface area contributed by atoms with Crippen molar-refractivity contribution in [3.05, 3.63) is 11.9 Å². The number of aromatic nitrogens is 3. The van der Waals surface area contributed by atoms with Gasteiger partial charge in [-0.2, -0.15) is 0 Å². The third kappa shape index (κ3) is 2.15. The Labute approximate surface area is 87.3 Å². The highest BCUT2D eigenvalue weighted by atomic mass is 16.4. The van der Waals surface area contributed by atoms with E-state index in [-0.39, 0.29) is 11.9 Å². The molecule has 0 saturated carbocycles. The van der Waals surface area contributed by atoms with Crippen molar-refractivity contribution < 1.29 is 9.90 Å². The van der Waals surface area contributed by atoms with Crippen molar-refractivity contribution in [2.45, 2.75) is 25.9 Å². The first-order chi connectivity index (χ1) is 7.16. The molecule has 2 rings (SSSR count). The number of carbonyl (C=O) groups is 1. The van der Waals surface area contributed by atoms with Crippen molar-refractivity contribution in [2.75, 3.05) is 6.54 Å². The maximum Gasteiger partial charge on any atom is 0.358 e. The lowest BCUT2D eigenvalue weighted by atomic mass is 10.0. The predicted molar refractivity (Wildman–Crippen MR) is 52.4 cm³/mol. The lowest BCUT2D eigenvalue weighted by molar-refractivity contribution is 0.0690. The minimum atomic E-state index is -1.04. The first-order valence-electron chi connectivity index (χ1n) is 5.05. The van der Waals surface area contributed by atoms with Crippen LogP contribution in [0.5, 0.6) is 0 Å². The quantitative estimate of drug-likeness (QED) is 0.742. The van der Waals surface area contributed by atoms with Crippen LogP contribution in [-0.2, 0) is 0 Å². The molecule has 1 aromatic heterocycles. The van der Waals surface area contributed by atoms with Crippen molar-refractivity contribution in [2.24, 2.45) is 5.92 Å². The number of hydrogen-bond donors (Lipinski definition) is 2. The summed E-state index contributed by atoms with van der Waals surface area (Å²) in [6.07, 6.45) is 3.64. The predicted octanol–water partition coefficient (Wildman–Crippen LogP) is 0.494. The molecule has 0 unspecified atom stereocenters. The van der Waals surface area contributed by atoms with E-state index in [0.717, 1.165) is 19.4 Å². The first-order valence-corrected chi connectivity index (χ1v) is 5.05. The summed E-state index contributed by atoms with van der Waals surface area (Å²) in [6.45, 7) is 3.13. The lowest BCUT2D eigenvalue weighted by Crippen LogP contribution is -2.35. The Balaban J connectivity index is 2.06. The van der Waals surface area contributed by atoms with E-state index >= 15 is 0 Å². The molecule has 2 atom stereocenters. The number of piperidine rings is 1. The van der Waals surface area contributed by atoms with Crippen molar-refractivity contribution in [3.63, 3.8) is 0 Å². The van der Waals surface area contributed by atoms with Gasteiger partial charge in [0, 0.05) is 0 Å². The highest BCUT2D eigenvalue weighted by molar-refractivity contribution is 5.84. The summed E-state index contributed by atoms with van der Waals surface area (Å²) in [5.74, 6) is -0.367. The van der Waals surface area contributed by atoms with Crippen LogP contribution in [0.2, 0.25) is 0 Å². The van der Waals surface area contributed by atoms with Crippen molar-refractivity contribution >= 4 is 5.97 Å². The molecule has 1 saturated heterocycles. The number of nitrogens with zero attached hydrogens (tertiary/aromatic N) is 3. The fraction of sp³-hybridized carbons (Fsp3) is 0.667. The lowest BCUT2D eigenvalue weighted by Gasteiger charge is -2.27. The van der Waals surface area contributed by atoms with Crippen LogP contribution in [0.25, 0.3) is 0 Å². The van der Waals surface area contributed by atoms with Gasteiger partial charge in [0.1, 0.15) is 6.17 Å². The molecule has 2 heterocycles. The van der Waals surface area contributed by atoms with Crippen molar-refractivity contribution in [1.29, 1.82) is 0 Å². The average molecular weight is 210 g/mol. The largest absolute Gasteiger partial charge is 0.476 e. The summed E-state index contributed by atoms with van der Waals surface area (Å²) in [5.41, 5.74) is -0.00424. The Hall–Kier alpha value is -1.43. The van der Waals surface area contributed by atoms with Gasteiger partial charge < -0.3 is 5.11 Å². The second kappa shape index (κ2) is 3.98. The van der Waals surface area contributed by atoms with E-state index in [1.165, 1.54) is 6.20 Å². The van der Waals surface area contributed by atoms with Gasteiger partial charge in [-0.15, -0.1) is 5.10 Å². The topological polar surface area (TPSA) is 80.0 Å². The van der Waals surface area contributed by atoms with Gasteiger partial charge in [-0.25, -0.2) is 9.48 Å². The number of carboxylic acid groups (broad SMARTS) is 1. The van der Waals surface area contributed by atoms with Crippen LogP contribution >= 0.6 is 0 Å². The molecular weight excluding hydrogens is 196 g/mol. The molecule has 15 heavy (non-hydrogen) atoms. The number of carboxylic acids is 1. The molecule has 1 aromatic rings. The fourth-order valence-electron chi connectivity index (χ4n) is 1.74. The van der Waals surface area contributed by atoms with E-state index in [4.69, 9.17) is 5.11 Å². The first kappa shape index (κ1) is 10.1. The van der Waals surface area contributed by atoms with E-state index in [2.05, 4.69) is 22.6 Å². The SMILES string of the molecule is C[C@H]1CC[C@H](n2cc(C(=O)O)nn2)NC1. The van der Waals surface area contributed by atoms with Gasteiger partial charge in [-0.3, -0.25) is 5.32 Å². The highest BCUT2D eigenvalue weighted by Crippen LogP contribution is 2.19. The molecule has 1 aliphatic heterocycles. The summed E-state index contributed by atoms with van der Waals surface area (Å²) >= 11 is 0. The van der Waals surface area contributed by atoms with Gasteiger partial charge in [0.15, 0.2) is 5.69 Å². The summed E-state index contributed by atoms with van der Waals surface area (Å²) in [5, 5.41) is 19.4. The van der Waals surface area contributed by atoms with Gasteiger partial charge >= 0.3 is 5.97 Å².